The highest BCUT2D eigenvalue weighted by Crippen LogP contribution is 2.21. The van der Waals surface area contributed by atoms with E-state index in [1.807, 2.05) is 10.6 Å². The number of nitrogens with zero attached hydrogens (tertiary/aromatic N) is 2. The summed E-state index contributed by atoms with van der Waals surface area (Å²) in [5.41, 5.74) is 2.24. The van der Waals surface area contributed by atoms with E-state index < -0.39 is 0 Å². The molecule has 0 N–H and O–H groups in total. The Bertz CT molecular complexity index is 553. The Balaban J connectivity index is 2.53. The molecule has 1 aromatic heterocycles. The molecule has 5 heteroatoms. The van der Waals surface area contributed by atoms with Crippen molar-refractivity contribution in [3.8, 4) is 0 Å². The molecule has 0 aliphatic heterocycles. The molecule has 0 bridgehead atoms. The van der Waals surface area contributed by atoms with Gasteiger partial charge in [-0.1, -0.05) is 0 Å². The SMILES string of the molecule is COCCn1c(CCCl)nc2cc(F)c(C)cc21. The number of fused-ring (bicyclic) bond motifs is 1. The molecule has 0 fully saturated rings. The van der Waals surface area contributed by atoms with Gasteiger partial charge in [0.05, 0.1) is 17.6 Å². The van der Waals surface area contributed by atoms with Crippen molar-refractivity contribution in [1.29, 1.82) is 0 Å². The Labute approximate surface area is 111 Å². The zero-order chi connectivity index (χ0) is 13.1. The van der Waals surface area contributed by atoms with Crippen molar-refractivity contribution in [2.24, 2.45) is 0 Å². The first-order valence-electron chi connectivity index (χ1n) is 5.87. The highest BCUT2D eigenvalue weighted by atomic mass is 35.5. The molecular weight excluding hydrogens is 255 g/mol. The van der Waals surface area contributed by atoms with Crippen LogP contribution in [0.2, 0.25) is 0 Å². The van der Waals surface area contributed by atoms with E-state index in [1.165, 1.54) is 6.07 Å². The molecule has 0 aliphatic rings. The predicted octanol–water partition coefficient (Wildman–Crippen LogP) is 2.91. The lowest BCUT2D eigenvalue weighted by Gasteiger charge is -2.08. The van der Waals surface area contributed by atoms with E-state index in [4.69, 9.17) is 16.3 Å². The van der Waals surface area contributed by atoms with Crippen LogP contribution in [0.4, 0.5) is 4.39 Å². The fourth-order valence-electron chi connectivity index (χ4n) is 2.01. The van der Waals surface area contributed by atoms with E-state index in [-0.39, 0.29) is 5.82 Å². The summed E-state index contributed by atoms with van der Waals surface area (Å²) in [6, 6.07) is 3.30. The molecule has 18 heavy (non-hydrogen) atoms. The van der Waals surface area contributed by atoms with Crippen LogP contribution in [0.25, 0.3) is 11.0 Å². The van der Waals surface area contributed by atoms with Crippen LogP contribution in [0.3, 0.4) is 0 Å². The number of benzene rings is 1. The molecule has 0 saturated carbocycles. The quantitative estimate of drug-likeness (QED) is 0.781. The van der Waals surface area contributed by atoms with Crippen molar-refractivity contribution in [2.45, 2.75) is 19.9 Å². The first kappa shape index (κ1) is 13.3. The number of imidazole rings is 1. The molecule has 0 atom stereocenters. The van der Waals surface area contributed by atoms with E-state index in [9.17, 15) is 4.39 Å². The minimum absolute atomic E-state index is 0.226. The lowest BCUT2D eigenvalue weighted by atomic mass is 10.2. The molecule has 0 saturated heterocycles. The van der Waals surface area contributed by atoms with Crippen LogP contribution < -0.4 is 0 Å². The summed E-state index contributed by atoms with van der Waals surface area (Å²) < 4.78 is 20.7. The molecule has 2 aromatic rings. The van der Waals surface area contributed by atoms with Crippen molar-refractivity contribution in [3.63, 3.8) is 0 Å². The van der Waals surface area contributed by atoms with Gasteiger partial charge in [-0.15, -0.1) is 11.6 Å². The van der Waals surface area contributed by atoms with Crippen LogP contribution >= 0.6 is 11.6 Å². The normalized spacial score (nSPS) is 11.3. The summed E-state index contributed by atoms with van der Waals surface area (Å²) in [6.45, 7) is 3.05. The van der Waals surface area contributed by atoms with Crippen molar-refractivity contribution in [2.75, 3.05) is 19.6 Å². The number of aryl methyl sites for hydroxylation is 2. The molecule has 1 aromatic carbocycles. The summed E-state index contributed by atoms with van der Waals surface area (Å²) in [6.07, 6.45) is 0.667. The molecule has 3 nitrogen and oxygen atoms in total. The summed E-state index contributed by atoms with van der Waals surface area (Å²) in [4.78, 5) is 4.44. The molecule has 0 unspecified atom stereocenters. The first-order valence-corrected chi connectivity index (χ1v) is 6.41. The fourth-order valence-corrected chi connectivity index (χ4v) is 2.18. The third-order valence-electron chi connectivity index (χ3n) is 2.94. The van der Waals surface area contributed by atoms with E-state index >= 15 is 0 Å². The van der Waals surface area contributed by atoms with Gasteiger partial charge in [0, 0.05) is 32.0 Å². The number of hydrogen-bond acceptors (Lipinski definition) is 2. The maximum atomic E-state index is 13.5. The van der Waals surface area contributed by atoms with Crippen molar-refractivity contribution in [1.82, 2.24) is 9.55 Å². The van der Waals surface area contributed by atoms with Crippen molar-refractivity contribution in [3.05, 3.63) is 29.3 Å². The number of halogens is 2. The second kappa shape index (κ2) is 5.67. The predicted molar refractivity (Wildman–Crippen MR) is 70.7 cm³/mol. The number of ether oxygens (including phenoxy) is 1. The smallest absolute Gasteiger partial charge is 0.128 e. The van der Waals surface area contributed by atoms with Gasteiger partial charge >= 0.3 is 0 Å². The third-order valence-corrected chi connectivity index (χ3v) is 3.13. The van der Waals surface area contributed by atoms with Crippen LogP contribution in [0, 0.1) is 12.7 Å². The fraction of sp³-hybridized carbons (Fsp3) is 0.462. The van der Waals surface area contributed by atoms with Gasteiger partial charge in [0.1, 0.15) is 11.6 Å². The second-order valence-corrected chi connectivity index (χ2v) is 4.58. The zero-order valence-electron chi connectivity index (χ0n) is 10.5. The van der Waals surface area contributed by atoms with Crippen LogP contribution in [-0.4, -0.2) is 29.1 Å². The Morgan fingerprint density at radius 1 is 1.44 bits per heavy atom. The molecule has 0 aliphatic carbocycles. The highest BCUT2D eigenvalue weighted by molar-refractivity contribution is 6.17. The second-order valence-electron chi connectivity index (χ2n) is 4.20. The van der Waals surface area contributed by atoms with E-state index in [0.29, 0.717) is 36.5 Å². The number of methoxy groups -OCH3 is 1. The molecule has 98 valence electrons. The lowest BCUT2D eigenvalue weighted by molar-refractivity contribution is 0.187. The van der Waals surface area contributed by atoms with Gasteiger partial charge in [-0.05, 0) is 18.6 Å². The third kappa shape index (κ3) is 2.49. The number of aromatic nitrogens is 2. The topological polar surface area (TPSA) is 27.1 Å². The van der Waals surface area contributed by atoms with E-state index in [2.05, 4.69) is 4.98 Å². The standard InChI is InChI=1S/C13H16ClFN2O/c1-9-7-12-11(8-10(9)15)16-13(3-4-14)17(12)5-6-18-2/h7-8H,3-6H2,1-2H3. The molecule has 0 spiro atoms. The highest BCUT2D eigenvalue weighted by Gasteiger charge is 2.12. The maximum Gasteiger partial charge on any atom is 0.128 e. The Morgan fingerprint density at radius 3 is 2.89 bits per heavy atom. The van der Waals surface area contributed by atoms with Crippen LogP contribution in [0.1, 0.15) is 11.4 Å². The van der Waals surface area contributed by atoms with Crippen molar-refractivity contribution >= 4 is 22.6 Å². The summed E-state index contributed by atoms with van der Waals surface area (Å²) in [7, 11) is 1.66. The van der Waals surface area contributed by atoms with Crippen molar-refractivity contribution < 1.29 is 9.13 Å². The molecular formula is C13H16ClFN2O. The lowest BCUT2D eigenvalue weighted by Crippen LogP contribution is -2.09. The summed E-state index contributed by atoms with van der Waals surface area (Å²) >= 11 is 5.77. The van der Waals surface area contributed by atoms with E-state index in [1.54, 1.807) is 14.0 Å². The van der Waals surface area contributed by atoms with Crippen LogP contribution in [0.15, 0.2) is 12.1 Å². The van der Waals surface area contributed by atoms with Gasteiger partial charge in [0.2, 0.25) is 0 Å². The zero-order valence-corrected chi connectivity index (χ0v) is 11.3. The molecule has 1 heterocycles. The molecule has 0 radical (unpaired) electrons. The van der Waals surface area contributed by atoms with Gasteiger partial charge < -0.3 is 9.30 Å². The van der Waals surface area contributed by atoms with E-state index in [0.717, 1.165) is 11.3 Å². The average Bonchev–Trinajstić information content (AvgIpc) is 2.65. The van der Waals surface area contributed by atoms with Crippen LogP contribution in [-0.2, 0) is 17.7 Å². The van der Waals surface area contributed by atoms with Gasteiger partial charge in [-0.25, -0.2) is 9.37 Å². The Morgan fingerprint density at radius 2 is 2.22 bits per heavy atom. The number of hydrogen-bond donors (Lipinski definition) is 0. The van der Waals surface area contributed by atoms with Gasteiger partial charge in [0.15, 0.2) is 0 Å². The van der Waals surface area contributed by atoms with Gasteiger partial charge in [-0.2, -0.15) is 0 Å². The monoisotopic (exact) mass is 270 g/mol. The first-order chi connectivity index (χ1) is 8.67. The Hall–Kier alpha value is -1.13. The number of alkyl halides is 1. The van der Waals surface area contributed by atoms with Gasteiger partial charge in [-0.3, -0.25) is 0 Å². The Kier molecular flexibility index (Phi) is 4.19. The largest absolute Gasteiger partial charge is 0.383 e. The van der Waals surface area contributed by atoms with Crippen LogP contribution in [0.5, 0.6) is 0 Å². The number of rotatable bonds is 5. The minimum Gasteiger partial charge on any atom is -0.383 e. The molecule has 0 amide bonds. The maximum absolute atomic E-state index is 13.5. The summed E-state index contributed by atoms with van der Waals surface area (Å²) in [5, 5.41) is 0. The minimum atomic E-state index is -0.226. The summed E-state index contributed by atoms with van der Waals surface area (Å²) in [5.74, 6) is 1.15. The average molecular weight is 271 g/mol. The van der Waals surface area contributed by atoms with Gasteiger partial charge in [0.25, 0.3) is 0 Å². The molecule has 2 rings (SSSR count).